The number of benzene rings is 2. The molecule has 0 saturated heterocycles. The van der Waals surface area contributed by atoms with Crippen molar-refractivity contribution in [1.29, 1.82) is 0 Å². The summed E-state index contributed by atoms with van der Waals surface area (Å²) in [6.07, 6.45) is 4.26. The van der Waals surface area contributed by atoms with Crippen molar-refractivity contribution in [1.82, 2.24) is 4.98 Å². The van der Waals surface area contributed by atoms with Crippen LogP contribution < -0.4 is 0 Å². The van der Waals surface area contributed by atoms with E-state index < -0.39 is 21.6 Å². The summed E-state index contributed by atoms with van der Waals surface area (Å²) in [5, 5.41) is 8.91. The van der Waals surface area contributed by atoms with Gasteiger partial charge in [0, 0.05) is 34.7 Å². The molecule has 7 heteroatoms. The van der Waals surface area contributed by atoms with Crippen molar-refractivity contribution >= 4 is 21.6 Å². The Kier molecular flexibility index (Phi) is 5.86. The number of aromatic nitrogens is 1. The van der Waals surface area contributed by atoms with E-state index in [1.54, 1.807) is 42.5 Å². The molecule has 1 heterocycles. The minimum absolute atomic E-state index is 0.174. The van der Waals surface area contributed by atoms with Crippen molar-refractivity contribution < 1.29 is 18.9 Å². The van der Waals surface area contributed by atoms with Gasteiger partial charge in [-0.15, -0.1) is 0 Å². The average molecular weight is 404 g/mol. The number of nitrogens with zero attached hydrogens (tertiary/aromatic N) is 2. The summed E-state index contributed by atoms with van der Waals surface area (Å²) in [4.78, 5) is 27.8. The van der Waals surface area contributed by atoms with Gasteiger partial charge in [0.1, 0.15) is 0 Å². The molecule has 0 radical (unpaired) electrons. The lowest BCUT2D eigenvalue weighted by Gasteiger charge is -2.03. The Morgan fingerprint density at radius 3 is 2.24 bits per heavy atom. The Morgan fingerprint density at radius 2 is 1.59 bits per heavy atom. The number of carbonyl (C=O) groups excluding carboxylic acids is 1. The van der Waals surface area contributed by atoms with Gasteiger partial charge in [-0.05, 0) is 42.5 Å². The highest BCUT2D eigenvalue weighted by atomic mass is 32.2. The quantitative estimate of drug-likeness (QED) is 0.674. The van der Waals surface area contributed by atoms with Gasteiger partial charge in [0.25, 0.3) is 5.91 Å². The standard InChI is InChI=1S/C22H16N2O4S/c1-29(28,20-5-3-2-4-6-20)24-21(25)19-13-17(14-23-15-19)8-7-16-9-11-18(12-10-16)22(26)27/h2-6,9-15H,1H3,(H,26,27). The maximum atomic E-state index is 12.8. The molecule has 3 rings (SSSR count). The van der Waals surface area contributed by atoms with Gasteiger partial charge in [-0.2, -0.15) is 4.36 Å². The number of amides is 1. The molecule has 6 nitrogen and oxygen atoms in total. The molecule has 0 spiro atoms. The van der Waals surface area contributed by atoms with Gasteiger partial charge in [-0.3, -0.25) is 9.78 Å². The SMILES string of the molecule is CS(=O)(=NC(=O)c1cncc(C#Cc2ccc(C(=O)O)cc2)c1)c1ccccc1. The van der Waals surface area contributed by atoms with Crippen molar-refractivity contribution in [2.75, 3.05) is 6.26 Å². The Labute approximate surface area is 168 Å². The second-order valence-corrected chi connectivity index (χ2v) is 8.37. The molecular weight excluding hydrogens is 388 g/mol. The zero-order valence-corrected chi connectivity index (χ0v) is 16.2. The highest BCUT2D eigenvalue weighted by Crippen LogP contribution is 2.13. The van der Waals surface area contributed by atoms with Crippen LogP contribution >= 0.6 is 0 Å². The van der Waals surface area contributed by atoms with E-state index in [0.717, 1.165) is 0 Å². The van der Waals surface area contributed by atoms with E-state index >= 15 is 0 Å². The number of rotatable bonds is 3. The molecule has 144 valence electrons. The first kappa shape index (κ1) is 20.0. The summed E-state index contributed by atoms with van der Waals surface area (Å²) in [5.41, 5.74) is 1.46. The fraction of sp³-hybridized carbons (Fsp3) is 0.0455. The molecule has 29 heavy (non-hydrogen) atoms. The Hall–Kier alpha value is -3.76. The van der Waals surface area contributed by atoms with Crippen LogP contribution in [0.5, 0.6) is 0 Å². The van der Waals surface area contributed by atoms with Gasteiger partial charge in [-0.1, -0.05) is 30.0 Å². The van der Waals surface area contributed by atoms with Crippen LogP contribution in [0.15, 0.2) is 82.3 Å². The van der Waals surface area contributed by atoms with E-state index in [0.29, 0.717) is 16.0 Å². The maximum Gasteiger partial charge on any atom is 0.335 e. The molecule has 0 aliphatic heterocycles. The molecule has 0 aliphatic carbocycles. The van der Waals surface area contributed by atoms with Gasteiger partial charge in [-0.25, -0.2) is 9.00 Å². The van der Waals surface area contributed by atoms with Crippen LogP contribution in [0.25, 0.3) is 0 Å². The lowest BCUT2D eigenvalue weighted by Crippen LogP contribution is -2.04. The molecule has 0 bridgehead atoms. The van der Waals surface area contributed by atoms with E-state index in [1.165, 1.54) is 36.8 Å². The lowest BCUT2D eigenvalue weighted by molar-refractivity contribution is 0.0696. The third kappa shape index (κ3) is 5.15. The van der Waals surface area contributed by atoms with Gasteiger partial charge in [0.05, 0.1) is 20.9 Å². The Balaban J connectivity index is 1.85. The molecule has 0 aliphatic rings. The van der Waals surface area contributed by atoms with E-state index in [2.05, 4.69) is 21.2 Å². The molecule has 2 aromatic carbocycles. The van der Waals surface area contributed by atoms with Crippen molar-refractivity contribution in [2.45, 2.75) is 4.90 Å². The monoisotopic (exact) mass is 404 g/mol. The van der Waals surface area contributed by atoms with Crippen molar-refractivity contribution in [3.05, 3.63) is 95.3 Å². The highest BCUT2D eigenvalue weighted by molar-refractivity contribution is 7.93. The lowest BCUT2D eigenvalue weighted by atomic mass is 10.1. The third-order valence-corrected chi connectivity index (χ3v) is 5.57. The van der Waals surface area contributed by atoms with Crippen molar-refractivity contribution in [2.24, 2.45) is 4.36 Å². The summed E-state index contributed by atoms with van der Waals surface area (Å²) in [6.45, 7) is 0. The number of carbonyl (C=O) groups is 2. The largest absolute Gasteiger partial charge is 0.478 e. The molecular formula is C22H16N2O4S. The number of carboxylic acids is 1. The van der Waals surface area contributed by atoms with Crippen LogP contribution in [0.4, 0.5) is 0 Å². The molecule has 1 N–H and O–H groups in total. The summed E-state index contributed by atoms with van der Waals surface area (Å²) in [7, 11) is -2.87. The Bertz CT molecular complexity index is 1250. The Morgan fingerprint density at radius 1 is 0.931 bits per heavy atom. The first-order valence-electron chi connectivity index (χ1n) is 8.47. The van der Waals surface area contributed by atoms with Crippen LogP contribution in [0, 0.1) is 11.8 Å². The van der Waals surface area contributed by atoms with Gasteiger partial charge >= 0.3 is 5.97 Å². The second-order valence-electron chi connectivity index (χ2n) is 6.11. The van der Waals surface area contributed by atoms with Crippen LogP contribution in [-0.2, 0) is 9.73 Å². The van der Waals surface area contributed by atoms with Crippen molar-refractivity contribution in [3.63, 3.8) is 0 Å². The van der Waals surface area contributed by atoms with E-state index in [-0.39, 0.29) is 11.1 Å². The zero-order chi connectivity index (χ0) is 20.9. The van der Waals surface area contributed by atoms with Gasteiger partial charge < -0.3 is 5.11 Å². The summed E-state index contributed by atoms with van der Waals surface area (Å²) < 4.78 is 16.6. The molecule has 1 aromatic heterocycles. The molecule has 0 saturated carbocycles. The maximum absolute atomic E-state index is 12.8. The van der Waals surface area contributed by atoms with E-state index in [9.17, 15) is 13.8 Å². The number of hydrogen-bond donors (Lipinski definition) is 1. The number of pyridine rings is 1. The fourth-order valence-electron chi connectivity index (χ4n) is 2.40. The molecule has 3 aromatic rings. The average Bonchev–Trinajstić information content (AvgIpc) is 2.73. The van der Waals surface area contributed by atoms with Crippen LogP contribution in [0.1, 0.15) is 31.8 Å². The molecule has 0 fully saturated rings. The molecule has 1 unspecified atom stereocenters. The third-order valence-electron chi connectivity index (χ3n) is 3.91. The minimum atomic E-state index is -2.87. The number of carboxylic acid groups (broad SMARTS) is 1. The van der Waals surface area contributed by atoms with Crippen LogP contribution in [-0.4, -0.2) is 32.4 Å². The van der Waals surface area contributed by atoms with Crippen LogP contribution in [0.3, 0.4) is 0 Å². The minimum Gasteiger partial charge on any atom is -0.478 e. The fourth-order valence-corrected chi connectivity index (χ4v) is 3.59. The van der Waals surface area contributed by atoms with E-state index in [4.69, 9.17) is 5.11 Å². The topological polar surface area (TPSA) is 96.7 Å². The smallest absolute Gasteiger partial charge is 0.335 e. The zero-order valence-electron chi connectivity index (χ0n) is 15.4. The second kappa shape index (κ2) is 8.50. The highest BCUT2D eigenvalue weighted by Gasteiger charge is 2.11. The normalized spacial score (nSPS) is 12.2. The van der Waals surface area contributed by atoms with E-state index in [1.807, 2.05) is 0 Å². The van der Waals surface area contributed by atoms with Gasteiger partial charge in [0.2, 0.25) is 0 Å². The molecule has 1 atom stereocenters. The number of hydrogen-bond acceptors (Lipinski definition) is 4. The van der Waals surface area contributed by atoms with Crippen LogP contribution in [0.2, 0.25) is 0 Å². The summed E-state index contributed by atoms with van der Waals surface area (Å²) >= 11 is 0. The summed E-state index contributed by atoms with van der Waals surface area (Å²) in [6, 6.07) is 16.2. The molecule has 1 amide bonds. The van der Waals surface area contributed by atoms with Crippen molar-refractivity contribution in [3.8, 4) is 11.8 Å². The predicted molar refractivity (Wildman–Crippen MR) is 109 cm³/mol. The first-order chi connectivity index (χ1) is 13.8. The first-order valence-corrected chi connectivity index (χ1v) is 10.4. The van der Waals surface area contributed by atoms with Gasteiger partial charge in [0.15, 0.2) is 0 Å². The predicted octanol–water partition coefficient (Wildman–Crippen LogP) is 3.48. The number of aromatic carboxylic acids is 1. The summed E-state index contributed by atoms with van der Waals surface area (Å²) in [5.74, 6) is 4.12.